The highest BCUT2D eigenvalue weighted by molar-refractivity contribution is 6.35. The number of aromatic nitrogens is 1. The Bertz CT molecular complexity index is 762. The predicted octanol–water partition coefficient (Wildman–Crippen LogP) is 4.46. The molecule has 0 spiro atoms. The van der Waals surface area contributed by atoms with E-state index in [0.717, 1.165) is 11.3 Å². The Morgan fingerprint density at radius 1 is 1.00 bits per heavy atom. The van der Waals surface area contributed by atoms with Gasteiger partial charge in [-0.15, -0.1) is 0 Å². The van der Waals surface area contributed by atoms with Gasteiger partial charge in [-0.1, -0.05) is 47.5 Å². The van der Waals surface area contributed by atoms with Crippen LogP contribution < -0.4 is 5.73 Å². The Hall–Kier alpha value is -1.48. The van der Waals surface area contributed by atoms with E-state index < -0.39 is 0 Å². The lowest BCUT2D eigenvalue weighted by atomic mass is 10.2. The number of nitrogens with two attached hydrogens (primary N) is 1. The number of rotatable bonds is 3. The van der Waals surface area contributed by atoms with Crippen molar-refractivity contribution in [2.75, 3.05) is 0 Å². The maximum atomic E-state index is 6.26. The minimum Gasteiger partial charge on any atom is -0.339 e. The first kappa shape index (κ1) is 13.5. The summed E-state index contributed by atoms with van der Waals surface area (Å²) in [6.07, 6.45) is 0. The lowest BCUT2D eigenvalue weighted by Crippen LogP contribution is -2.08. The molecule has 1 aromatic heterocycles. The summed E-state index contributed by atoms with van der Waals surface area (Å²) in [6, 6.07) is 16.0. The van der Waals surface area contributed by atoms with Gasteiger partial charge in [0.05, 0.1) is 0 Å². The first-order chi connectivity index (χ1) is 9.69. The molecule has 3 rings (SSSR count). The normalized spacial score (nSPS) is 11.2. The fourth-order valence-electron chi connectivity index (χ4n) is 2.44. The number of halogens is 2. The van der Waals surface area contributed by atoms with Crippen LogP contribution in [0.5, 0.6) is 0 Å². The molecule has 0 radical (unpaired) electrons. The van der Waals surface area contributed by atoms with Crippen LogP contribution in [-0.2, 0) is 13.1 Å². The van der Waals surface area contributed by atoms with Gasteiger partial charge in [0.1, 0.15) is 0 Å². The standard InChI is InChI=1S/C16H14Cl2N2/c17-13-6-5-12(15(18)8-13)10-20-14(9-19)7-11-3-1-2-4-16(11)20/h1-8H,9-10,19H2. The molecule has 1 heterocycles. The largest absolute Gasteiger partial charge is 0.339 e. The van der Waals surface area contributed by atoms with Crippen LogP contribution in [0.1, 0.15) is 11.3 Å². The van der Waals surface area contributed by atoms with Crippen molar-refractivity contribution in [2.24, 2.45) is 5.73 Å². The first-order valence-electron chi connectivity index (χ1n) is 6.40. The van der Waals surface area contributed by atoms with E-state index in [1.165, 1.54) is 10.9 Å². The SMILES string of the molecule is NCc1cc2ccccc2n1Cc1ccc(Cl)cc1Cl. The molecule has 0 aliphatic rings. The fraction of sp³-hybridized carbons (Fsp3) is 0.125. The van der Waals surface area contributed by atoms with Gasteiger partial charge in [0.25, 0.3) is 0 Å². The molecule has 0 fully saturated rings. The van der Waals surface area contributed by atoms with Crippen molar-refractivity contribution in [3.8, 4) is 0 Å². The van der Waals surface area contributed by atoms with Gasteiger partial charge in [-0.05, 0) is 35.2 Å². The van der Waals surface area contributed by atoms with Crippen LogP contribution in [-0.4, -0.2) is 4.57 Å². The van der Waals surface area contributed by atoms with E-state index in [-0.39, 0.29) is 0 Å². The number of para-hydroxylation sites is 1. The average Bonchev–Trinajstić information content (AvgIpc) is 2.80. The molecule has 102 valence electrons. The molecule has 2 nitrogen and oxygen atoms in total. The van der Waals surface area contributed by atoms with E-state index in [4.69, 9.17) is 28.9 Å². The van der Waals surface area contributed by atoms with Crippen LogP contribution >= 0.6 is 23.2 Å². The number of hydrogen-bond acceptors (Lipinski definition) is 1. The Morgan fingerprint density at radius 2 is 1.80 bits per heavy atom. The maximum Gasteiger partial charge on any atom is 0.0494 e. The Morgan fingerprint density at radius 3 is 2.55 bits per heavy atom. The van der Waals surface area contributed by atoms with Crippen molar-refractivity contribution in [1.29, 1.82) is 0 Å². The monoisotopic (exact) mass is 304 g/mol. The third-order valence-electron chi connectivity index (χ3n) is 3.45. The van der Waals surface area contributed by atoms with Gasteiger partial charge >= 0.3 is 0 Å². The second kappa shape index (κ2) is 5.49. The number of fused-ring (bicyclic) bond motifs is 1. The number of nitrogens with zero attached hydrogens (tertiary/aromatic N) is 1. The van der Waals surface area contributed by atoms with Crippen LogP contribution in [0, 0.1) is 0 Å². The summed E-state index contributed by atoms with van der Waals surface area (Å²) >= 11 is 12.2. The highest BCUT2D eigenvalue weighted by Crippen LogP contribution is 2.25. The third kappa shape index (κ3) is 2.42. The van der Waals surface area contributed by atoms with Crippen molar-refractivity contribution in [2.45, 2.75) is 13.1 Å². The molecule has 0 atom stereocenters. The van der Waals surface area contributed by atoms with Gasteiger partial charge in [0.15, 0.2) is 0 Å². The van der Waals surface area contributed by atoms with Crippen LogP contribution in [0.15, 0.2) is 48.5 Å². The highest BCUT2D eigenvalue weighted by atomic mass is 35.5. The molecule has 0 amide bonds. The third-order valence-corrected chi connectivity index (χ3v) is 4.04. The average molecular weight is 305 g/mol. The van der Waals surface area contributed by atoms with E-state index in [9.17, 15) is 0 Å². The van der Waals surface area contributed by atoms with Crippen molar-refractivity contribution >= 4 is 34.1 Å². The predicted molar refractivity (Wildman–Crippen MR) is 85.4 cm³/mol. The Labute approximate surface area is 127 Å². The molecule has 2 aromatic carbocycles. The van der Waals surface area contributed by atoms with E-state index in [1.54, 1.807) is 6.07 Å². The van der Waals surface area contributed by atoms with E-state index in [0.29, 0.717) is 23.1 Å². The van der Waals surface area contributed by atoms with Crippen molar-refractivity contribution in [1.82, 2.24) is 4.57 Å². The fourth-order valence-corrected chi connectivity index (χ4v) is 2.91. The molecule has 4 heteroatoms. The summed E-state index contributed by atoms with van der Waals surface area (Å²) in [4.78, 5) is 0. The summed E-state index contributed by atoms with van der Waals surface area (Å²) in [5.41, 5.74) is 9.15. The molecule has 0 bridgehead atoms. The molecule has 0 unspecified atom stereocenters. The molecule has 20 heavy (non-hydrogen) atoms. The van der Waals surface area contributed by atoms with Gasteiger partial charge in [0, 0.05) is 34.3 Å². The molecule has 0 aliphatic carbocycles. The zero-order chi connectivity index (χ0) is 14.1. The molecule has 0 saturated carbocycles. The zero-order valence-electron chi connectivity index (χ0n) is 10.8. The highest BCUT2D eigenvalue weighted by Gasteiger charge is 2.09. The number of hydrogen-bond donors (Lipinski definition) is 1. The van der Waals surface area contributed by atoms with Gasteiger partial charge in [-0.3, -0.25) is 0 Å². The van der Waals surface area contributed by atoms with Gasteiger partial charge in [-0.2, -0.15) is 0 Å². The Kier molecular flexibility index (Phi) is 3.70. The van der Waals surface area contributed by atoms with E-state index in [2.05, 4.69) is 22.8 Å². The van der Waals surface area contributed by atoms with Crippen LogP contribution in [0.2, 0.25) is 10.0 Å². The molecular weight excluding hydrogens is 291 g/mol. The molecule has 2 N–H and O–H groups in total. The second-order valence-electron chi connectivity index (χ2n) is 4.72. The van der Waals surface area contributed by atoms with Gasteiger partial charge < -0.3 is 10.3 Å². The smallest absolute Gasteiger partial charge is 0.0494 e. The lowest BCUT2D eigenvalue weighted by molar-refractivity contribution is 0.768. The minimum atomic E-state index is 0.500. The minimum absolute atomic E-state index is 0.500. The maximum absolute atomic E-state index is 6.26. The van der Waals surface area contributed by atoms with Crippen molar-refractivity contribution < 1.29 is 0 Å². The summed E-state index contributed by atoms with van der Waals surface area (Å²) in [5, 5.41) is 2.52. The topological polar surface area (TPSA) is 30.9 Å². The van der Waals surface area contributed by atoms with E-state index >= 15 is 0 Å². The molecular formula is C16H14Cl2N2. The summed E-state index contributed by atoms with van der Waals surface area (Å²) in [7, 11) is 0. The Balaban J connectivity index is 2.09. The van der Waals surface area contributed by atoms with Crippen molar-refractivity contribution in [3.63, 3.8) is 0 Å². The van der Waals surface area contributed by atoms with Crippen LogP contribution in [0.4, 0.5) is 0 Å². The summed E-state index contributed by atoms with van der Waals surface area (Å²) < 4.78 is 2.20. The van der Waals surface area contributed by atoms with Crippen molar-refractivity contribution in [3.05, 3.63) is 69.8 Å². The summed E-state index contributed by atoms with van der Waals surface area (Å²) in [5.74, 6) is 0. The zero-order valence-corrected chi connectivity index (χ0v) is 12.3. The van der Waals surface area contributed by atoms with E-state index in [1.807, 2.05) is 24.3 Å². The summed E-state index contributed by atoms with van der Waals surface area (Å²) in [6.45, 7) is 1.19. The molecule has 0 aliphatic heterocycles. The quantitative estimate of drug-likeness (QED) is 0.761. The molecule has 3 aromatic rings. The van der Waals surface area contributed by atoms with Crippen LogP contribution in [0.25, 0.3) is 10.9 Å². The molecule has 0 saturated heterocycles. The van der Waals surface area contributed by atoms with Gasteiger partial charge in [-0.25, -0.2) is 0 Å². The lowest BCUT2D eigenvalue weighted by Gasteiger charge is -2.11. The van der Waals surface area contributed by atoms with Crippen LogP contribution in [0.3, 0.4) is 0 Å². The second-order valence-corrected chi connectivity index (χ2v) is 5.56. The number of benzene rings is 2. The first-order valence-corrected chi connectivity index (χ1v) is 7.16. The van der Waals surface area contributed by atoms with Gasteiger partial charge in [0.2, 0.25) is 0 Å².